The van der Waals surface area contributed by atoms with Crippen molar-refractivity contribution in [2.45, 2.75) is 38.1 Å². The van der Waals surface area contributed by atoms with Crippen molar-refractivity contribution in [1.29, 1.82) is 0 Å². The maximum absolute atomic E-state index is 11.9. The Morgan fingerprint density at radius 2 is 1.94 bits per heavy atom. The van der Waals surface area contributed by atoms with Gasteiger partial charge in [-0.2, -0.15) is 0 Å². The second kappa shape index (κ2) is 4.84. The van der Waals surface area contributed by atoms with Crippen LogP contribution in [-0.2, 0) is 0 Å². The third-order valence-corrected chi connectivity index (χ3v) is 4.67. The first kappa shape index (κ1) is 11.3. The summed E-state index contributed by atoms with van der Waals surface area (Å²) >= 11 is 0. The lowest BCUT2D eigenvalue weighted by atomic mass is 9.80. The molecule has 17 heavy (non-hydrogen) atoms. The zero-order valence-electron chi connectivity index (χ0n) is 10.5. The monoisotopic (exact) mass is 237 g/mol. The van der Waals surface area contributed by atoms with Gasteiger partial charge >= 0.3 is 6.03 Å². The van der Waals surface area contributed by atoms with E-state index in [-0.39, 0.29) is 6.03 Å². The van der Waals surface area contributed by atoms with Gasteiger partial charge in [0.05, 0.1) is 6.04 Å². The maximum Gasteiger partial charge on any atom is 0.317 e. The molecule has 3 aliphatic rings. The molecule has 0 bridgehead atoms. The number of hydrogen-bond donors (Lipinski definition) is 2. The Morgan fingerprint density at radius 3 is 2.59 bits per heavy atom. The molecule has 96 valence electrons. The highest BCUT2D eigenvalue weighted by molar-refractivity contribution is 5.77. The summed E-state index contributed by atoms with van der Waals surface area (Å²) < 4.78 is 0. The molecule has 0 aromatic carbocycles. The summed E-state index contributed by atoms with van der Waals surface area (Å²) in [5, 5.41) is 6.54. The Balaban J connectivity index is 1.51. The van der Waals surface area contributed by atoms with Crippen LogP contribution in [0.4, 0.5) is 4.79 Å². The number of urea groups is 1. The minimum atomic E-state index is 0.181. The molecule has 0 spiro atoms. The van der Waals surface area contributed by atoms with Crippen LogP contribution in [0.25, 0.3) is 0 Å². The second-order valence-electron chi connectivity index (χ2n) is 5.85. The van der Waals surface area contributed by atoms with Crippen LogP contribution in [0.1, 0.15) is 32.1 Å². The van der Waals surface area contributed by atoms with Gasteiger partial charge < -0.3 is 15.5 Å². The highest BCUT2D eigenvalue weighted by Gasteiger charge is 2.37. The summed E-state index contributed by atoms with van der Waals surface area (Å²) in [4.78, 5) is 14.0. The number of amides is 2. The lowest BCUT2D eigenvalue weighted by Gasteiger charge is -2.31. The quantitative estimate of drug-likeness (QED) is 0.774. The molecule has 0 aromatic rings. The van der Waals surface area contributed by atoms with Gasteiger partial charge in [-0.3, -0.25) is 0 Å². The molecule has 3 fully saturated rings. The molecular formula is C13H23N3O. The summed E-state index contributed by atoms with van der Waals surface area (Å²) in [7, 11) is 0. The first-order chi connectivity index (χ1) is 8.33. The van der Waals surface area contributed by atoms with Crippen LogP contribution < -0.4 is 10.6 Å². The van der Waals surface area contributed by atoms with Gasteiger partial charge in [0.1, 0.15) is 0 Å². The minimum absolute atomic E-state index is 0.181. The average molecular weight is 237 g/mol. The molecule has 2 saturated heterocycles. The zero-order chi connectivity index (χ0) is 11.7. The van der Waals surface area contributed by atoms with Crippen molar-refractivity contribution in [3.05, 3.63) is 0 Å². The van der Waals surface area contributed by atoms with Crippen molar-refractivity contribution >= 4 is 6.03 Å². The fraction of sp³-hybridized carbons (Fsp3) is 0.923. The Bertz CT molecular complexity index is 284. The maximum atomic E-state index is 11.9. The molecule has 0 radical (unpaired) electrons. The summed E-state index contributed by atoms with van der Waals surface area (Å²) in [6, 6.07) is 0.624. The number of nitrogens with one attached hydrogen (secondary N) is 2. The Kier molecular flexibility index (Phi) is 3.23. The SMILES string of the molecule is O=C1NC(C2CCC2)CN1CC1CCNCC1. The molecule has 0 aromatic heterocycles. The molecular weight excluding hydrogens is 214 g/mol. The van der Waals surface area contributed by atoms with Gasteiger partial charge in [0, 0.05) is 13.1 Å². The summed E-state index contributed by atoms with van der Waals surface area (Å²) in [6.45, 7) is 4.16. The van der Waals surface area contributed by atoms with Gasteiger partial charge in [-0.05, 0) is 50.6 Å². The molecule has 4 heteroatoms. The molecule has 1 unspecified atom stereocenters. The standard InChI is InChI=1S/C13H23N3O/c17-13-15-12(11-2-1-3-11)9-16(13)8-10-4-6-14-7-5-10/h10-12,14H,1-9H2,(H,15,17). The van der Waals surface area contributed by atoms with Gasteiger partial charge in [-0.1, -0.05) is 6.42 Å². The van der Waals surface area contributed by atoms with E-state index < -0.39 is 0 Å². The fourth-order valence-electron chi connectivity index (χ4n) is 3.26. The lowest BCUT2D eigenvalue weighted by molar-refractivity contribution is 0.198. The first-order valence-corrected chi connectivity index (χ1v) is 7.09. The van der Waals surface area contributed by atoms with Crippen LogP contribution in [0.15, 0.2) is 0 Å². The van der Waals surface area contributed by atoms with Gasteiger partial charge in [0.15, 0.2) is 0 Å². The Morgan fingerprint density at radius 1 is 1.18 bits per heavy atom. The molecule has 1 saturated carbocycles. The summed E-state index contributed by atoms with van der Waals surface area (Å²) in [5.41, 5.74) is 0. The first-order valence-electron chi connectivity index (χ1n) is 7.09. The summed E-state index contributed by atoms with van der Waals surface area (Å²) in [5.74, 6) is 1.47. The smallest absolute Gasteiger partial charge is 0.317 e. The Labute approximate surface area is 103 Å². The molecule has 2 aliphatic heterocycles. The lowest BCUT2D eigenvalue weighted by Crippen LogP contribution is -2.37. The molecule has 2 N–H and O–H groups in total. The highest BCUT2D eigenvalue weighted by Crippen LogP contribution is 2.32. The van der Waals surface area contributed by atoms with Crippen molar-refractivity contribution in [1.82, 2.24) is 15.5 Å². The number of nitrogens with zero attached hydrogens (tertiary/aromatic N) is 1. The zero-order valence-corrected chi connectivity index (χ0v) is 10.5. The minimum Gasteiger partial charge on any atom is -0.333 e. The number of rotatable bonds is 3. The molecule has 4 nitrogen and oxygen atoms in total. The van der Waals surface area contributed by atoms with Gasteiger partial charge in [-0.25, -0.2) is 4.79 Å². The van der Waals surface area contributed by atoms with Crippen molar-refractivity contribution in [3.63, 3.8) is 0 Å². The van der Waals surface area contributed by atoms with Crippen molar-refractivity contribution < 1.29 is 4.79 Å². The highest BCUT2D eigenvalue weighted by atomic mass is 16.2. The van der Waals surface area contributed by atoms with Gasteiger partial charge in [0.25, 0.3) is 0 Å². The van der Waals surface area contributed by atoms with E-state index in [1.807, 2.05) is 0 Å². The number of carbonyl (C=O) groups excluding carboxylic acids is 1. The van der Waals surface area contributed by atoms with E-state index in [1.165, 1.54) is 32.1 Å². The van der Waals surface area contributed by atoms with E-state index in [1.54, 1.807) is 0 Å². The fourth-order valence-corrected chi connectivity index (χ4v) is 3.26. The third kappa shape index (κ3) is 2.41. The average Bonchev–Trinajstić information content (AvgIpc) is 2.59. The third-order valence-electron chi connectivity index (χ3n) is 4.67. The van der Waals surface area contributed by atoms with Crippen LogP contribution in [0.5, 0.6) is 0 Å². The normalized spacial score (nSPS) is 31.4. The summed E-state index contributed by atoms with van der Waals surface area (Å²) in [6.07, 6.45) is 6.42. The van der Waals surface area contributed by atoms with Crippen LogP contribution in [-0.4, -0.2) is 43.2 Å². The number of piperidine rings is 1. The van der Waals surface area contributed by atoms with Crippen molar-refractivity contribution in [2.24, 2.45) is 11.8 Å². The van der Waals surface area contributed by atoms with Gasteiger partial charge in [-0.15, -0.1) is 0 Å². The van der Waals surface area contributed by atoms with E-state index in [4.69, 9.17) is 0 Å². The van der Waals surface area contributed by atoms with Crippen molar-refractivity contribution in [3.8, 4) is 0 Å². The van der Waals surface area contributed by atoms with E-state index in [2.05, 4.69) is 15.5 Å². The van der Waals surface area contributed by atoms with E-state index >= 15 is 0 Å². The molecule has 1 atom stereocenters. The number of hydrogen-bond acceptors (Lipinski definition) is 2. The van der Waals surface area contributed by atoms with Crippen LogP contribution >= 0.6 is 0 Å². The number of carbonyl (C=O) groups is 1. The topological polar surface area (TPSA) is 44.4 Å². The molecule has 2 amide bonds. The molecule has 1 aliphatic carbocycles. The van der Waals surface area contributed by atoms with E-state index in [9.17, 15) is 4.79 Å². The molecule has 2 heterocycles. The van der Waals surface area contributed by atoms with E-state index in [0.29, 0.717) is 12.0 Å². The predicted octanol–water partition coefficient (Wildman–Crippen LogP) is 1.18. The second-order valence-corrected chi connectivity index (χ2v) is 5.85. The predicted molar refractivity (Wildman–Crippen MR) is 66.8 cm³/mol. The van der Waals surface area contributed by atoms with Gasteiger partial charge in [0.2, 0.25) is 0 Å². The largest absolute Gasteiger partial charge is 0.333 e. The molecule has 3 rings (SSSR count). The van der Waals surface area contributed by atoms with Crippen molar-refractivity contribution in [2.75, 3.05) is 26.2 Å². The van der Waals surface area contributed by atoms with E-state index in [0.717, 1.165) is 32.1 Å². The van der Waals surface area contributed by atoms with Crippen LogP contribution in [0.2, 0.25) is 0 Å². The van der Waals surface area contributed by atoms with Crippen LogP contribution in [0, 0.1) is 11.8 Å². The Hall–Kier alpha value is -0.770. The van der Waals surface area contributed by atoms with Crippen LogP contribution in [0.3, 0.4) is 0 Å².